The maximum absolute atomic E-state index is 13.6. The first-order valence-corrected chi connectivity index (χ1v) is 16.2. The SMILES string of the molecule is CO.COc1cc(SC)ccc1NCC#Cc1cc2c(NC3CCC(N4CC5(COC5)C4)CC3)cccc2n1CC(F)(F)F. The van der Waals surface area contributed by atoms with Gasteiger partial charge in [0.15, 0.2) is 0 Å². The molecule has 2 saturated heterocycles. The Bertz CT molecular complexity index is 1480. The van der Waals surface area contributed by atoms with Crippen molar-refractivity contribution in [2.24, 2.45) is 5.41 Å². The zero-order chi connectivity index (χ0) is 31.3. The van der Waals surface area contributed by atoms with Gasteiger partial charge in [0.25, 0.3) is 0 Å². The Balaban J connectivity index is 0.00000188. The molecule has 44 heavy (non-hydrogen) atoms. The highest BCUT2D eigenvalue weighted by Crippen LogP contribution is 2.41. The molecule has 0 bridgehead atoms. The summed E-state index contributed by atoms with van der Waals surface area (Å²) < 4.78 is 53.1. The van der Waals surface area contributed by atoms with Crippen molar-refractivity contribution in [1.29, 1.82) is 0 Å². The lowest BCUT2D eigenvalue weighted by Crippen LogP contribution is -2.68. The number of alkyl halides is 3. The average molecular weight is 631 g/mol. The van der Waals surface area contributed by atoms with Crippen molar-refractivity contribution in [2.45, 2.75) is 55.4 Å². The molecule has 0 unspecified atom stereocenters. The minimum Gasteiger partial charge on any atom is -0.495 e. The third kappa shape index (κ3) is 7.26. The first-order chi connectivity index (χ1) is 21.3. The molecule has 2 aliphatic heterocycles. The molecule has 2 aromatic carbocycles. The van der Waals surface area contributed by atoms with Crippen LogP contribution in [0.25, 0.3) is 10.9 Å². The lowest BCUT2D eigenvalue weighted by molar-refractivity contribution is -0.200. The lowest BCUT2D eigenvalue weighted by atomic mass is 9.75. The van der Waals surface area contributed by atoms with Crippen LogP contribution < -0.4 is 15.4 Å². The molecule has 3 N–H and O–H groups in total. The Morgan fingerprint density at radius 3 is 2.45 bits per heavy atom. The molecule has 1 saturated carbocycles. The highest BCUT2D eigenvalue weighted by atomic mass is 32.2. The number of hydrogen-bond donors (Lipinski definition) is 3. The zero-order valence-electron chi connectivity index (χ0n) is 25.5. The van der Waals surface area contributed by atoms with E-state index in [1.54, 1.807) is 31.0 Å². The number of likely N-dealkylation sites (tertiary alicyclic amines) is 1. The van der Waals surface area contributed by atoms with Gasteiger partial charge >= 0.3 is 6.18 Å². The van der Waals surface area contributed by atoms with Crippen molar-refractivity contribution in [3.63, 3.8) is 0 Å². The molecule has 0 atom stereocenters. The van der Waals surface area contributed by atoms with E-state index in [-0.39, 0.29) is 6.54 Å². The van der Waals surface area contributed by atoms with Crippen molar-refractivity contribution in [3.8, 4) is 17.6 Å². The largest absolute Gasteiger partial charge is 0.495 e. The summed E-state index contributed by atoms with van der Waals surface area (Å²) in [5, 5.41) is 14.7. The zero-order valence-corrected chi connectivity index (χ0v) is 26.3. The Morgan fingerprint density at radius 2 is 1.82 bits per heavy atom. The van der Waals surface area contributed by atoms with E-state index in [1.165, 1.54) is 4.57 Å². The Morgan fingerprint density at radius 1 is 1.07 bits per heavy atom. The molecule has 238 valence electrons. The number of methoxy groups -OCH3 is 1. The van der Waals surface area contributed by atoms with Crippen LogP contribution in [0.15, 0.2) is 47.4 Å². The van der Waals surface area contributed by atoms with E-state index in [1.807, 2.05) is 36.6 Å². The minimum atomic E-state index is -4.37. The summed E-state index contributed by atoms with van der Waals surface area (Å²) >= 11 is 1.62. The smallest absolute Gasteiger partial charge is 0.406 e. The summed E-state index contributed by atoms with van der Waals surface area (Å²) in [6.07, 6.45) is 1.99. The predicted octanol–water partition coefficient (Wildman–Crippen LogP) is 6.06. The number of anilines is 2. The lowest BCUT2D eigenvalue weighted by Gasteiger charge is -2.58. The van der Waals surface area contributed by atoms with Gasteiger partial charge in [0.1, 0.15) is 12.3 Å². The molecule has 7 nitrogen and oxygen atoms in total. The third-order valence-corrected chi connectivity index (χ3v) is 9.47. The molecule has 3 aliphatic rings. The molecular weight excluding hydrogens is 589 g/mol. The number of benzene rings is 2. The van der Waals surface area contributed by atoms with Gasteiger partial charge in [-0.05, 0) is 74.3 Å². The van der Waals surface area contributed by atoms with E-state index < -0.39 is 12.7 Å². The standard InChI is InChI=1S/C32H37F3N4O2S.CH4O/c1-40-30-16-25(42-2)12-13-28(30)36-14-4-5-24-15-26-27(6-3-7-29(26)39(24)19-32(33,34)35)37-22-8-10-23(11-9-22)38-17-31(18-38)20-41-21-31;1-2/h3,6-7,12-13,15-16,22-23,36-37H,8-11,14,17-21H2,1-2H3;2H,1H3. The van der Waals surface area contributed by atoms with Crippen molar-refractivity contribution in [2.75, 3.05) is 64.0 Å². The van der Waals surface area contributed by atoms with Gasteiger partial charge in [-0.3, -0.25) is 4.90 Å². The molecule has 6 rings (SSSR count). The molecule has 0 amide bonds. The highest BCUT2D eigenvalue weighted by Gasteiger charge is 2.50. The first kappa shape index (κ1) is 32.4. The van der Waals surface area contributed by atoms with Gasteiger partial charge in [0, 0.05) is 53.7 Å². The second-order valence-corrected chi connectivity index (χ2v) is 12.6. The van der Waals surface area contributed by atoms with Gasteiger partial charge in [0.05, 0.1) is 43.8 Å². The number of thioether (sulfide) groups is 1. The number of nitrogens with zero attached hydrogens (tertiary/aromatic N) is 2. The van der Waals surface area contributed by atoms with Gasteiger partial charge in [0.2, 0.25) is 0 Å². The van der Waals surface area contributed by atoms with Crippen molar-refractivity contribution < 1.29 is 27.8 Å². The summed E-state index contributed by atoms with van der Waals surface area (Å²) in [7, 11) is 2.61. The number of hydrogen-bond acceptors (Lipinski definition) is 7. The van der Waals surface area contributed by atoms with E-state index in [4.69, 9.17) is 14.6 Å². The second kappa shape index (κ2) is 13.9. The molecule has 1 aromatic heterocycles. The molecule has 0 radical (unpaired) electrons. The molecule has 1 spiro atoms. The topological polar surface area (TPSA) is 70.9 Å². The van der Waals surface area contributed by atoms with Crippen molar-refractivity contribution >= 4 is 34.0 Å². The van der Waals surface area contributed by atoms with E-state index in [0.29, 0.717) is 34.5 Å². The van der Waals surface area contributed by atoms with Gasteiger partial charge in [-0.15, -0.1) is 11.8 Å². The van der Waals surface area contributed by atoms with Crippen molar-refractivity contribution in [3.05, 3.63) is 48.2 Å². The second-order valence-electron chi connectivity index (χ2n) is 11.7. The molecular formula is C33H41F3N4O3S. The van der Waals surface area contributed by atoms with Crippen LogP contribution in [0, 0.1) is 17.3 Å². The Labute approximate surface area is 261 Å². The third-order valence-electron chi connectivity index (χ3n) is 8.74. The van der Waals surface area contributed by atoms with E-state index in [9.17, 15) is 13.2 Å². The Hall–Kier alpha value is -3.04. The average Bonchev–Trinajstić information content (AvgIpc) is 3.32. The van der Waals surface area contributed by atoms with Crippen LogP contribution in [-0.2, 0) is 11.3 Å². The summed E-state index contributed by atoms with van der Waals surface area (Å²) in [6.45, 7) is 3.29. The number of ether oxygens (including phenoxy) is 2. The van der Waals surface area contributed by atoms with Gasteiger partial charge in [-0.2, -0.15) is 13.2 Å². The fourth-order valence-corrected chi connectivity index (χ4v) is 6.96. The maximum Gasteiger partial charge on any atom is 0.406 e. The number of aromatic nitrogens is 1. The number of nitrogens with one attached hydrogen (secondary N) is 2. The van der Waals surface area contributed by atoms with Crippen LogP contribution in [0.5, 0.6) is 5.75 Å². The molecule has 3 aromatic rings. The quantitative estimate of drug-likeness (QED) is 0.207. The van der Waals surface area contributed by atoms with E-state index in [0.717, 1.165) is 80.8 Å². The monoisotopic (exact) mass is 630 g/mol. The van der Waals surface area contributed by atoms with E-state index in [2.05, 4.69) is 27.4 Å². The van der Waals surface area contributed by atoms with Crippen LogP contribution in [0.2, 0.25) is 0 Å². The minimum absolute atomic E-state index is 0.266. The number of aliphatic hydroxyl groups is 1. The predicted molar refractivity (Wildman–Crippen MR) is 171 cm³/mol. The number of fused-ring (bicyclic) bond motifs is 1. The fraction of sp³-hybridized carbons (Fsp3) is 0.515. The molecule has 1 aliphatic carbocycles. The van der Waals surface area contributed by atoms with Crippen LogP contribution in [-0.4, -0.2) is 86.2 Å². The van der Waals surface area contributed by atoms with Crippen molar-refractivity contribution in [1.82, 2.24) is 9.47 Å². The van der Waals surface area contributed by atoms with Crippen LogP contribution in [0.1, 0.15) is 31.4 Å². The summed E-state index contributed by atoms with van der Waals surface area (Å²) in [4.78, 5) is 3.68. The normalized spacial score (nSPS) is 20.9. The summed E-state index contributed by atoms with van der Waals surface area (Å²) in [5.41, 5.74) is 2.96. The van der Waals surface area contributed by atoms with Crippen LogP contribution in [0.3, 0.4) is 0 Å². The first-order valence-electron chi connectivity index (χ1n) is 14.9. The molecule has 11 heteroatoms. The summed E-state index contributed by atoms with van der Waals surface area (Å²) in [6, 6.07) is 14.1. The molecule has 3 heterocycles. The van der Waals surface area contributed by atoms with Crippen LogP contribution in [0.4, 0.5) is 24.5 Å². The summed E-state index contributed by atoms with van der Waals surface area (Å²) in [5.74, 6) is 6.71. The number of rotatable bonds is 8. The van der Waals surface area contributed by atoms with Gasteiger partial charge in [-0.1, -0.05) is 12.0 Å². The van der Waals surface area contributed by atoms with E-state index >= 15 is 0 Å². The highest BCUT2D eigenvalue weighted by molar-refractivity contribution is 7.98. The number of aliphatic hydroxyl groups excluding tert-OH is 1. The molecule has 3 fully saturated rings. The van der Waals surface area contributed by atoms with Crippen LogP contribution >= 0.6 is 11.8 Å². The fourth-order valence-electron chi connectivity index (χ4n) is 6.53. The number of halogens is 3. The van der Waals surface area contributed by atoms with Gasteiger partial charge in [-0.25, -0.2) is 0 Å². The Kier molecular flexibility index (Phi) is 10.3. The maximum atomic E-state index is 13.6. The van der Waals surface area contributed by atoms with Gasteiger partial charge < -0.3 is 29.8 Å².